The molecule has 0 amide bonds. The van der Waals surface area contributed by atoms with Gasteiger partial charge in [0.2, 0.25) is 0 Å². The fourth-order valence-electron chi connectivity index (χ4n) is 2.12. The van der Waals surface area contributed by atoms with E-state index in [1.807, 2.05) is 36.4 Å². The van der Waals surface area contributed by atoms with Crippen molar-refractivity contribution in [2.24, 2.45) is 0 Å². The molecular formula is C16H14N2O2. The van der Waals surface area contributed by atoms with Gasteiger partial charge in [-0.3, -0.25) is 0 Å². The maximum absolute atomic E-state index is 12.2. The molecule has 4 heteroatoms. The van der Waals surface area contributed by atoms with Crippen molar-refractivity contribution in [3.05, 3.63) is 71.9 Å². The molecule has 0 aliphatic rings. The van der Waals surface area contributed by atoms with Crippen molar-refractivity contribution >= 4 is 22.1 Å². The van der Waals surface area contributed by atoms with E-state index in [0.717, 1.165) is 10.8 Å². The topological polar surface area (TPSA) is 62.8 Å². The summed E-state index contributed by atoms with van der Waals surface area (Å²) >= 11 is 0. The van der Waals surface area contributed by atoms with Crippen LogP contribution in [0.15, 0.2) is 66.7 Å². The highest BCUT2D eigenvalue weighted by Gasteiger charge is 2.11. The molecule has 0 radical (unpaired) electrons. The molecule has 3 aromatic carbocycles. The maximum atomic E-state index is 12.2. The zero-order valence-electron chi connectivity index (χ0n) is 10.7. The number of nitrogens with two attached hydrogens (primary N) is 1. The van der Waals surface area contributed by atoms with Crippen molar-refractivity contribution in [3.63, 3.8) is 0 Å². The number of fused-ring (bicyclic) bond motifs is 1. The average Bonchev–Trinajstić information content (AvgIpc) is 2.48. The van der Waals surface area contributed by atoms with Gasteiger partial charge in [-0.25, -0.2) is 0 Å². The monoisotopic (exact) mass is 266 g/mol. The van der Waals surface area contributed by atoms with Gasteiger partial charge in [0.1, 0.15) is 0 Å². The van der Waals surface area contributed by atoms with Crippen LogP contribution in [0.2, 0.25) is 0 Å². The van der Waals surface area contributed by atoms with E-state index in [2.05, 4.69) is 0 Å². The number of benzene rings is 3. The van der Waals surface area contributed by atoms with Crippen LogP contribution in [0.5, 0.6) is 5.75 Å². The Bertz CT molecular complexity index is 738. The minimum absolute atomic E-state index is 0.375. The summed E-state index contributed by atoms with van der Waals surface area (Å²) in [4.78, 5) is 5.48. The summed E-state index contributed by atoms with van der Waals surface area (Å²) in [5.74, 6) is 0.538. The van der Waals surface area contributed by atoms with Gasteiger partial charge in [0, 0.05) is 11.5 Å². The normalized spacial score (nSPS) is 12.2. The summed E-state index contributed by atoms with van der Waals surface area (Å²) < 4.78 is 0. The molecule has 0 aliphatic carbocycles. The van der Waals surface area contributed by atoms with E-state index in [1.54, 1.807) is 30.3 Å². The first-order valence-corrected chi connectivity index (χ1v) is 6.30. The van der Waals surface area contributed by atoms with E-state index in [-0.39, 0.29) is 0 Å². The molecule has 0 spiro atoms. The number of nitrogen functional groups attached to an aromatic ring is 1. The van der Waals surface area contributed by atoms with Gasteiger partial charge in [-0.2, -0.15) is 0 Å². The van der Waals surface area contributed by atoms with Gasteiger partial charge in [-0.1, -0.05) is 48.5 Å². The number of para-hydroxylation sites is 1. The largest absolute Gasteiger partial charge is 0.585 e. The Morgan fingerprint density at radius 1 is 0.850 bits per heavy atom. The van der Waals surface area contributed by atoms with Crippen LogP contribution in [0, 0.1) is 5.21 Å². The SMILES string of the molecule is Nc1ccccc1[NH+]([O-])Oc1cccc2ccccc12. The average molecular weight is 266 g/mol. The van der Waals surface area contributed by atoms with Gasteiger partial charge in [0.15, 0.2) is 11.4 Å². The summed E-state index contributed by atoms with van der Waals surface area (Å²) in [5, 5.41) is 13.7. The molecule has 4 nitrogen and oxygen atoms in total. The predicted octanol–water partition coefficient (Wildman–Crippen LogP) is 2.43. The van der Waals surface area contributed by atoms with Crippen molar-refractivity contribution in [2.45, 2.75) is 0 Å². The number of quaternary nitrogens is 1. The highest BCUT2D eigenvalue weighted by Crippen LogP contribution is 2.24. The third-order valence-corrected chi connectivity index (χ3v) is 3.13. The second-order valence-electron chi connectivity index (χ2n) is 4.45. The zero-order chi connectivity index (χ0) is 13.9. The van der Waals surface area contributed by atoms with Crippen molar-refractivity contribution < 1.29 is 10.1 Å². The number of anilines is 1. The molecule has 0 heterocycles. The lowest BCUT2D eigenvalue weighted by Gasteiger charge is -2.21. The Hall–Kier alpha value is -2.56. The Kier molecular flexibility index (Phi) is 3.25. The van der Waals surface area contributed by atoms with Crippen molar-refractivity contribution in [1.82, 2.24) is 0 Å². The van der Waals surface area contributed by atoms with Crippen LogP contribution >= 0.6 is 0 Å². The standard InChI is InChI=1S/C16H14N2O2/c17-14-9-3-4-10-15(14)18(19)20-16-11-5-7-12-6-1-2-8-13(12)16/h1-11,18H,17H2. The van der Waals surface area contributed by atoms with Crippen LogP contribution in [0.1, 0.15) is 0 Å². The Balaban J connectivity index is 1.96. The first-order chi connectivity index (χ1) is 9.75. The third kappa shape index (κ3) is 2.30. The Morgan fingerprint density at radius 2 is 1.55 bits per heavy atom. The Labute approximate surface area is 116 Å². The molecule has 20 heavy (non-hydrogen) atoms. The quantitative estimate of drug-likeness (QED) is 0.565. The summed E-state index contributed by atoms with van der Waals surface area (Å²) in [5.41, 5.74) is 6.58. The van der Waals surface area contributed by atoms with Crippen LogP contribution in [0.25, 0.3) is 10.8 Å². The summed E-state index contributed by atoms with van der Waals surface area (Å²) in [6.07, 6.45) is 0. The molecule has 0 bridgehead atoms. The smallest absolute Gasteiger partial charge is 0.198 e. The molecule has 100 valence electrons. The van der Waals surface area contributed by atoms with Gasteiger partial charge in [0.05, 0.1) is 5.69 Å². The molecule has 0 aromatic heterocycles. The van der Waals surface area contributed by atoms with E-state index in [0.29, 0.717) is 17.1 Å². The molecular weight excluding hydrogens is 252 g/mol. The zero-order valence-corrected chi connectivity index (χ0v) is 10.7. The molecule has 3 rings (SSSR count). The number of rotatable bonds is 3. The van der Waals surface area contributed by atoms with Crippen LogP contribution in [-0.4, -0.2) is 0 Å². The summed E-state index contributed by atoms with van der Waals surface area (Å²) in [6.45, 7) is 0. The lowest BCUT2D eigenvalue weighted by atomic mass is 10.1. The van der Waals surface area contributed by atoms with Crippen LogP contribution in [0.4, 0.5) is 11.4 Å². The van der Waals surface area contributed by atoms with E-state index < -0.39 is 5.23 Å². The van der Waals surface area contributed by atoms with Gasteiger partial charge in [-0.15, -0.1) is 5.23 Å². The third-order valence-electron chi connectivity index (χ3n) is 3.13. The lowest BCUT2D eigenvalue weighted by Crippen LogP contribution is -3.04. The fraction of sp³-hybridized carbons (Fsp3) is 0. The number of hydrogen-bond donors (Lipinski definition) is 2. The molecule has 3 N–H and O–H groups in total. The van der Waals surface area contributed by atoms with E-state index in [9.17, 15) is 5.21 Å². The van der Waals surface area contributed by atoms with Crippen molar-refractivity contribution in [2.75, 3.05) is 5.73 Å². The molecule has 0 saturated carbocycles. The van der Waals surface area contributed by atoms with Gasteiger partial charge in [-0.05, 0) is 17.5 Å². The van der Waals surface area contributed by atoms with Crippen molar-refractivity contribution in [3.8, 4) is 5.75 Å². The second kappa shape index (κ2) is 5.21. The first kappa shape index (κ1) is 12.5. The molecule has 0 fully saturated rings. The van der Waals surface area contributed by atoms with E-state index in [1.165, 1.54) is 0 Å². The number of nitrogens with one attached hydrogen (secondary N) is 1. The maximum Gasteiger partial charge on any atom is 0.198 e. The van der Waals surface area contributed by atoms with E-state index in [4.69, 9.17) is 10.6 Å². The summed E-state index contributed by atoms with van der Waals surface area (Å²) in [6, 6.07) is 20.3. The highest BCUT2D eigenvalue weighted by molar-refractivity contribution is 5.88. The van der Waals surface area contributed by atoms with Crippen molar-refractivity contribution in [1.29, 1.82) is 0 Å². The lowest BCUT2D eigenvalue weighted by molar-refractivity contribution is -0.962. The number of hydrogen-bond acceptors (Lipinski definition) is 3. The molecule has 3 aromatic rings. The summed E-state index contributed by atoms with van der Waals surface area (Å²) in [7, 11) is 0. The minimum Gasteiger partial charge on any atom is -0.585 e. The van der Waals surface area contributed by atoms with Gasteiger partial charge >= 0.3 is 0 Å². The predicted molar refractivity (Wildman–Crippen MR) is 79.4 cm³/mol. The molecule has 1 atom stereocenters. The van der Waals surface area contributed by atoms with Crippen LogP contribution < -0.4 is 15.8 Å². The van der Waals surface area contributed by atoms with Gasteiger partial charge in [0.25, 0.3) is 0 Å². The first-order valence-electron chi connectivity index (χ1n) is 6.30. The van der Waals surface area contributed by atoms with E-state index >= 15 is 0 Å². The highest BCUT2D eigenvalue weighted by atomic mass is 16.9. The second-order valence-corrected chi connectivity index (χ2v) is 4.45. The molecule has 0 saturated heterocycles. The fourth-order valence-corrected chi connectivity index (χ4v) is 2.12. The molecule has 1 unspecified atom stereocenters. The van der Waals surface area contributed by atoms with Crippen LogP contribution in [-0.2, 0) is 0 Å². The minimum atomic E-state index is -0.445. The van der Waals surface area contributed by atoms with Crippen LogP contribution in [0.3, 0.4) is 0 Å². The van der Waals surface area contributed by atoms with Gasteiger partial charge < -0.3 is 15.8 Å². The Morgan fingerprint density at radius 3 is 2.40 bits per heavy atom. The molecule has 0 aliphatic heterocycles.